The average molecular weight is 329 g/mol. The molecule has 0 radical (unpaired) electrons. The van der Waals surface area contributed by atoms with Crippen LogP contribution in [0.3, 0.4) is 0 Å². The fourth-order valence-corrected chi connectivity index (χ4v) is 2.16. The Bertz CT molecular complexity index is 410. The lowest BCUT2D eigenvalue weighted by atomic mass is 10.2. The molecule has 106 valence electrons. The van der Waals surface area contributed by atoms with Gasteiger partial charge in [-0.25, -0.2) is 0 Å². The number of halogens is 1. The second-order valence-electron chi connectivity index (χ2n) is 4.15. The molecule has 0 aliphatic rings. The predicted molar refractivity (Wildman–Crippen MR) is 80.3 cm³/mol. The molecule has 2 N–H and O–H groups in total. The van der Waals surface area contributed by atoms with Crippen LogP contribution < -0.4 is 15.4 Å². The smallest absolute Gasteiger partial charge is 0.257 e. The number of rotatable bonds is 8. The lowest BCUT2D eigenvalue weighted by molar-refractivity contribution is -0.123. The number of carbonyl (C=O) groups excluding carboxylic acids is 1. The minimum atomic E-state index is -0.106. The summed E-state index contributed by atoms with van der Waals surface area (Å²) in [5.41, 5.74) is 1.05. The molecule has 0 saturated carbocycles. The number of carbonyl (C=O) groups is 1. The maximum absolute atomic E-state index is 11.4. The molecule has 19 heavy (non-hydrogen) atoms. The van der Waals surface area contributed by atoms with Crippen LogP contribution in [0.5, 0.6) is 5.75 Å². The van der Waals surface area contributed by atoms with Crippen molar-refractivity contribution in [1.29, 1.82) is 0 Å². The van der Waals surface area contributed by atoms with Crippen LogP contribution in [0.1, 0.15) is 25.8 Å². The van der Waals surface area contributed by atoms with E-state index in [0.29, 0.717) is 6.54 Å². The van der Waals surface area contributed by atoms with E-state index in [4.69, 9.17) is 4.74 Å². The second kappa shape index (κ2) is 8.93. The van der Waals surface area contributed by atoms with Crippen molar-refractivity contribution in [2.24, 2.45) is 0 Å². The van der Waals surface area contributed by atoms with Gasteiger partial charge in [0.2, 0.25) is 0 Å². The number of benzene rings is 1. The molecule has 0 fully saturated rings. The molecule has 0 aromatic heterocycles. The summed E-state index contributed by atoms with van der Waals surface area (Å²) in [6, 6.07) is 5.88. The zero-order valence-corrected chi connectivity index (χ0v) is 13.0. The van der Waals surface area contributed by atoms with E-state index in [1.165, 1.54) is 0 Å². The fraction of sp³-hybridized carbons (Fsp3) is 0.500. The number of likely N-dealkylation sites (N-methyl/N-ethyl adjacent to an activating group) is 1. The van der Waals surface area contributed by atoms with E-state index >= 15 is 0 Å². The third-order valence-corrected chi connectivity index (χ3v) is 3.14. The summed E-state index contributed by atoms with van der Waals surface area (Å²) >= 11 is 3.46. The number of ether oxygens (including phenoxy) is 1. The lowest BCUT2D eigenvalue weighted by Crippen LogP contribution is -2.28. The molecular formula is C14H21BrN2O2. The SMILES string of the molecule is CCCNCc1cccc(Br)c1OCC(=O)NCC. The molecule has 1 rings (SSSR count). The molecule has 0 heterocycles. The Balaban J connectivity index is 2.66. The minimum Gasteiger partial charge on any atom is -0.482 e. The van der Waals surface area contributed by atoms with Crippen molar-refractivity contribution in [3.63, 3.8) is 0 Å². The van der Waals surface area contributed by atoms with Crippen molar-refractivity contribution in [2.45, 2.75) is 26.8 Å². The first-order valence-corrected chi connectivity index (χ1v) is 7.35. The van der Waals surface area contributed by atoms with Gasteiger partial charge in [0.05, 0.1) is 4.47 Å². The van der Waals surface area contributed by atoms with Gasteiger partial charge in [0, 0.05) is 18.7 Å². The van der Waals surface area contributed by atoms with Crippen molar-refractivity contribution in [3.05, 3.63) is 28.2 Å². The third-order valence-electron chi connectivity index (χ3n) is 2.51. The van der Waals surface area contributed by atoms with Crippen LogP contribution in [0, 0.1) is 0 Å². The van der Waals surface area contributed by atoms with E-state index in [2.05, 4.69) is 33.5 Å². The first-order valence-electron chi connectivity index (χ1n) is 6.56. The number of hydrogen-bond donors (Lipinski definition) is 2. The maximum Gasteiger partial charge on any atom is 0.257 e. The van der Waals surface area contributed by atoms with Gasteiger partial charge in [-0.1, -0.05) is 19.1 Å². The quantitative estimate of drug-likeness (QED) is 0.721. The Morgan fingerprint density at radius 1 is 1.37 bits per heavy atom. The standard InChI is InChI=1S/C14H21BrN2O2/c1-3-8-16-9-11-6-5-7-12(15)14(11)19-10-13(18)17-4-2/h5-7,16H,3-4,8-10H2,1-2H3,(H,17,18). The number of amides is 1. The van der Waals surface area contributed by atoms with Crippen molar-refractivity contribution < 1.29 is 9.53 Å². The fourth-order valence-electron chi connectivity index (χ4n) is 1.64. The molecule has 0 aliphatic heterocycles. The predicted octanol–water partition coefficient (Wildman–Crippen LogP) is 2.46. The van der Waals surface area contributed by atoms with Gasteiger partial charge >= 0.3 is 0 Å². The van der Waals surface area contributed by atoms with Crippen LogP contribution in [0.25, 0.3) is 0 Å². The van der Waals surface area contributed by atoms with Crippen molar-refractivity contribution >= 4 is 21.8 Å². The number of para-hydroxylation sites is 1. The second-order valence-corrected chi connectivity index (χ2v) is 5.00. The van der Waals surface area contributed by atoms with E-state index in [1.807, 2.05) is 25.1 Å². The summed E-state index contributed by atoms with van der Waals surface area (Å²) in [5.74, 6) is 0.628. The van der Waals surface area contributed by atoms with Gasteiger partial charge < -0.3 is 15.4 Å². The van der Waals surface area contributed by atoms with E-state index in [0.717, 1.165) is 35.3 Å². The van der Waals surface area contributed by atoms with Crippen LogP contribution in [-0.4, -0.2) is 25.6 Å². The molecule has 0 bridgehead atoms. The molecule has 0 unspecified atom stereocenters. The van der Waals surface area contributed by atoms with Crippen molar-refractivity contribution in [2.75, 3.05) is 19.7 Å². The molecule has 0 atom stereocenters. The van der Waals surface area contributed by atoms with Gasteiger partial charge in [-0.2, -0.15) is 0 Å². The first-order chi connectivity index (χ1) is 9.19. The Kier molecular flexibility index (Phi) is 7.52. The van der Waals surface area contributed by atoms with Gasteiger partial charge in [-0.3, -0.25) is 4.79 Å². The maximum atomic E-state index is 11.4. The molecule has 4 nitrogen and oxygen atoms in total. The zero-order valence-electron chi connectivity index (χ0n) is 11.5. The zero-order chi connectivity index (χ0) is 14.1. The molecule has 1 aromatic carbocycles. The number of hydrogen-bond acceptors (Lipinski definition) is 3. The highest BCUT2D eigenvalue weighted by molar-refractivity contribution is 9.10. The normalized spacial score (nSPS) is 10.3. The highest BCUT2D eigenvalue weighted by Crippen LogP contribution is 2.29. The van der Waals surface area contributed by atoms with E-state index in [1.54, 1.807) is 0 Å². The van der Waals surface area contributed by atoms with E-state index < -0.39 is 0 Å². The molecule has 1 aromatic rings. The van der Waals surface area contributed by atoms with Gasteiger partial charge in [0.1, 0.15) is 5.75 Å². The lowest BCUT2D eigenvalue weighted by Gasteiger charge is -2.13. The first kappa shape index (κ1) is 16.0. The van der Waals surface area contributed by atoms with Crippen LogP contribution in [-0.2, 0) is 11.3 Å². The molecular weight excluding hydrogens is 308 g/mol. The average Bonchev–Trinajstić information content (AvgIpc) is 2.38. The van der Waals surface area contributed by atoms with Gasteiger partial charge in [-0.05, 0) is 41.9 Å². The summed E-state index contributed by atoms with van der Waals surface area (Å²) in [6.07, 6.45) is 1.09. The molecule has 0 aliphatic carbocycles. The van der Waals surface area contributed by atoms with Gasteiger partial charge in [0.15, 0.2) is 6.61 Å². The van der Waals surface area contributed by atoms with Crippen LogP contribution >= 0.6 is 15.9 Å². The Labute approximate surface area is 123 Å². The van der Waals surface area contributed by atoms with E-state index in [9.17, 15) is 4.79 Å². The van der Waals surface area contributed by atoms with Gasteiger partial charge in [0.25, 0.3) is 5.91 Å². The Morgan fingerprint density at radius 3 is 2.84 bits per heavy atom. The van der Waals surface area contributed by atoms with Crippen LogP contribution in [0.4, 0.5) is 0 Å². The van der Waals surface area contributed by atoms with E-state index in [-0.39, 0.29) is 12.5 Å². The summed E-state index contributed by atoms with van der Waals surface area (Å²) in [6.45, 7) is 6.36. The molecule has 0 saturated heterocycles. The van der Waals surface area contributed by atoms with Crippen molar-refractivity contribution in [1.82, 2.24) is 10.6 Å². The Hall–Kier alpha value is -1.07. The summed E-state index contributed by atoms with van der Waals surface area (Å²) in [5, 5.41) is 6.04. The molecule has 1 amide bonds. The molecule has 0 spiro atoms. The van der Waals surface area contributed by atoms with Crippen LogP contribution in [0.2, 0.25) is 0 Å². The molecule has 5 heteroatoms. The Morgan fingerprint density at radius 2 is 2.16 bits per heavy atom. The highest BCUT2D eigenvalue weighted by Gasteiger charge is 2.09. The minimum absolute atomic E-state index is 0.0389. The highest BCUT2D eigenvalue weighted by atomic mass is 79.9. The van der Waals surface area contributed by atoms with Crippen molar-refractivity contribution in [3.8, 4) is 5.75 Å². The third kappa shape index (κ3) is 5.61. The summed E-state index contributed by atoms with van der Waals surface area (Å²) < 4.78 is 6.48. The summed E-state index contributed by atoms with van der Waals surface area (Å²) in [4.78, 5) is 11.4. The van der Waals surface area contributed by atoms with Gasteiger partial charge in [-0.15, -0.1) is 0 Å². The number of nitrogens with one attached hydrogen (secondary N) is 2. The summed E-state index contributed by atoms with van der Waals surface area (Å²) in [7, 11) is 0. The van der Waals surface area contributed by atoms with Crippen LogP contribution in [0.15, 0.2) is 22.7 Å². The monoisotopic (exact) mass is 328 g/mol. The topological polar surface area (TPSA) is 50.4 Å². The largest absolute Gasteiger partial charge is 0.482 e.